The fourth-order valence-corrected chi connectivity index (χ4v) is 1.97. The molecule has 0 bridgehead atoms. The third-order valence-corrected chi connectivity index (χ3v) is 2.77. The highest BCUT2D eigenvalue weighted by Crippen LogP contribution is 2.14. The van der Waals surface area contributed by atoms with E-state index in [-0.39, 0.29) is 0 Å². The summed E-state index contributed by atoms with van der Waals surface area (Å²) in [5, 5.41) is 0. The van der Waals surface area contributed by atoms with E-state index in [1.54, 1.807) is 0 Å². The highest BCUT2D eigenvalue weighted by molar-refractivity contribution is 9.09. The molecular formula is C11H23BrO. The average molecular weight is 251 g/mol. The summed E-state index contributed by atoms with van der Waals surface area (Å²) in [6.07, 6.45) is 4.97. The van der Waals surface area contributed by atoms with Gasteiger partial charge in [-0.25, -0.2) is 0 Å². The van der Waals surface area contributed by atoms with E-state index in [9.17, 15) is 0 Å². The van der Waals surface area contributed by atoms with Crippen LogP contribution in [0.4, 0.5) is 0 Å². The highest BCUT2D eigenvalue weighted by Gasteiger charge is 2.01. The molecule has 0 saturated heterocycles. The maximum absolute atomic E-state index is 5.50. The van der Waals surface area contributed by atoms with Crippen LogP contribution >= 0.6 is 15.9 Å². The predicted molar refractivity (Wildman–Crippen MR) is 62.5 cm³/mol. The molecule has 0 amide bonds. The molecule has 0 radical (unpaired) electrons. The third-order valence-electron chi connectivity index (χ3n) is 1.86. The van der Waals surface area contributed by atoms with E-state index in [4.69, 9.17) is 4.74 Å². The molecule has 2 heteroatoms. The van der Waals surface area contributed by atoms with E-state index in [2.05, 4.69) is 36.7 Å². The summed E-state index contributed by atoms with van der Waals surface area (Å²) in [7, 11) is 0. The van der Waals surface area contributed by atoms with Crippen molar-refractivity contribution in [1.29, 1.82) is 0 Å². The van der Waals surface area contributed by atoms with Crippen LogP contribution in [0, 0.1) is 5.92 Å². The van der Waals surface area contributed by atoms with Crippen LogP contribution in [0.1, 0.15) is 46.5 Å². The van der Waals surface area contributed by atoms with E-state index < -0.39 is 0 Å². The molecule has 13 heavy (non-hydrogen) atoms. The van der Waals surface area contributed by atoms with Crippen LogP contribution in [-0.2, 0) is 4.74 Å². The first-order chi connectivity index (χ1) is 6.16. The molecule has 0 aromatic heterocycles. The lowest BCUT2D eigenvalue weighted by molar-refractivity contribution is 0.106. The molecule has 0 aromatic rings. The molecule has 1 nitrogen and oxygen atoms in total. The van der Waals surface area contributed by atoms with Crippen LogP contribution < -0.4 is 0 Å². The van der Waals surface area contributed by atoms with Gasteiger partial charge in [0.25, 0.3) is 0 Å². The Morgan fingerprint density at radius 1 is 1.23 bits per heavy atom. The molecule has 0 spiro atoms. The van der Waals surface area contributed by atoms with Crippen LogP contribution in [0.25, 0.3) is 0 Å². The van der Waals surface area contributed by atoms with E-state index in [0.29, 0.717) is 10.7 Å². The zero-order chi connectivity index (χ0) is 10.1. The van der Waals surface area contributed by atoms with Crippen molar-refractivity contribution in [2.45, 2.75) is 51.3 Å². The lowest BCUT2D eigenvalue weighted by Crippen LogP contribution is -2.05. The van der Waals surface area contributed by atoms with E-state index in [1.807, 2.05) is 0 Å². The lowest BCUT2D eigenvalue weighted by Gasteiger charge is -2.09. The maximum atomic E-state index is 5.50. The van der Waals surface area contributed by atoms with E-state index in [0.717, 1.165) is 13.2 Å². The van der Waals surface area contributed by atoms with E-state index >= 15 is 0 Å². The van der Waals surface area contributed by atoms with Crippen molar-refractivity contribution < 1.29 is 4.74 Å². The molecule has 1 atom stereocenters. The monoisotopic (exact) mass is 250 g/mol. The lowest BCUT2D eigenvalue weighted by atomic mass is 10.1. The SMILES string of the molecule is CCCC(Br)CCCOCC(C)C. The van der Waals surface area contributed by atoms with Gasteiger partial charge in [-0.15, -0.1) is 0 Å². The van der Waals surface area contributed by atoms with Crippen LogP contribution in [0.2, 0.25) is 0 Å². The predicted octanol–water partition coefficient (Wildman–Crippen LogP) is 4.00. The molecule has 80 valence electrons. The number of rotatable bonds is 8. The van der Waals surface area contributed by atoms with Crippen LogP contribution in [-0.4, -0.2) is 18.0 Å². The second kappa shape index (κ2) is 9.01. The van der Waals surface area contributed by atoms with Crippen LogP contribution in [0.5, 0.6) is 0 Å². The van der Waals surface area contributed by atoms with Gasteiger partial charge in [-0.1, -0.05) is 43.1 Å². The van der Waals surface area contributed by atoms with E-state index in [1.165, 1.54) is 25.7 Å². The zero-order valence-corrected chi connectivity index (χ0v) is 10.8. The topological polar surface area (TPSA) is 9.23 Å². The summed E-state index contributed by atoms with van der Waals surface area (Å²) < 4.78 is 5.50. The molecule has 0 heterocycles. The van der Waals surface area contributed by atoms with Crippen molar-refractivity contribution in [3.8, 4) is 0 Å². The number of ether oxygens (including phenoxy) is 1. The molecule has 0 aliphatic heterocycles. The van der Waals surface area contributed by atoms with Gasteiger partial charge in [0.15, 0.2) is 0 Å². The van der Waals surface area contributed by atoms with Crippen LogP contribution in [0.15, 0.2) is 0 Å². The Bertz CT molecular complexity index is 104. The minimum Gasteiger partial charge on any atom is -0.381 e. The molecule has 1 unspecified atom stereocenters. The summed E-state index contributed by atoms with van der Waals surface area (Å²) >= 11 is 3.66. The van der Waals surface area contributed by atoms with Gasteiger partial charge in [-0.3, -0.25) is 0 Å². The quantitative estimate of drug-likeness (QED) is 0.468. The molecule has 0 saturated carbocycles. The maximum Gasteiger partial charge on any atom is 0.0488 e. The Hall–Kier alpha value is 0.440. The summed E-state index contributed by atoms with van der Waals surface area (Å²) in [5.74, 6) is 0.662. The van der Waals surface area contributed by atoms with Gasteiger partial charge in [0.1, 0.15) is 0 Å². The Morgan fingerprint density at radius 2 is 1.92 bits per heavy atom. The number of halogens is 1. The fourth-order valence-electron chi connectivity index (χ4n) is 1.18. The Balaban J connectivity index is 3.06. The van der Waals surface area contributed by atoms with Crippen molar-refractivity contribution in [1.82, 2.24) is 0 Å². The molecule has 0 aliphatic carbocycles. The minimum atomic E-state index is 0.662. The summed E-state index contributed by atoms with van der Waals surface area (Å²) in [6, 6.07) is 0. The van der Waals surface area contributed by atoms with Gasteiger partial charge in [-0.2, -0.15) is 0 Å². The average Bonchev–Trinajstić information content (AvgIpc) is 2.03. The molecule has 0 rings (SSSR count). The normalized spacial score (nSPS) is 13.6. The van der Waals surface area contributed by atoms with Gasteiger partial charge in [0.05, 0.1) is 0 Å². The van der Waals surface area contributed by atoms with Gasteiger partial charge in [0.2, 0.25) is 0 Å². The Morgan fingerprint density at radius 3 is 2.46 bits per heavy atom. The number of hydrogen-bond donors (Lipinski definition) is 0. The largest absolute Gasteiger partial charge is 0.381 e. The summed E-state index contributed by atoms with van der Waals surface area (Å²) in [5.41, 5.74) is 0. The zero-order valence-electron chi connectivity index (χ0n) is 9.18. The first-order valence-electron chi connectivity index (χ1n) is 5.38. The first-order valence-corrected chi connectivity index (χ1v) is 6.30. The smallest absolute Gasteiger partial charge is 0.0488 e. The van der Waals surface area contributed by atoms with Crippen molar-refractivity contribution in [2.75, 3.05) is 13.2 Å². The van der Waals surface area contributed by atoms with Gasteiger partial charge in [-0.05, 0) is 25.2 Å². The van der Waals surface area contributed by atoms with Gasteiger partial charge < -0.3 is 4.74 Å². The van der Waals surface area contributed by atoms with Crippen LogP contribution in [0.3, 0.4) is 0 Å². The van der Waals surface area contributed by atoms with Gasteiger partial charge in [0, 0.05) is 18.0 Å². The van der Waals surface area contributed by atoms with Crippen molar-refractivity contribution >= 4 is 15.9 Å². The number of alkyl halides is 1. The molecule has 0 aliphatic rings. The molecule has 0 fully saturated rings. The molecular weight excluding hydrogens is 228 g/mol. The van der Waals surface area contributed by atoms with Crippen molar-refractivity contribution in [3.05, 3.63) is 0 Å². The number of hydrogen-bond acceptors (Lipinski definition) is 1. The second-order valence-electron chi connectivity index (χ2n) is 4.00. The summed E-state index contributed by atoms with van der Waals surface area (Å²) in [4.78, 5) is 0.695. The first kappa shape index (κ1) is 13.4. The summed E-state index contributed by atoms with van der Waals surface area (Å²) in [6.45, 7) is 8.42. The Kier molecular flexibility index (Phi) is 9.32. The fraction of sp³-hybridized carbons (Fsp3) is 1.00. The van der Waals surface area contributed by atoms with Crippen molar-refractivity contribution in [3.63, 3.8) is 0 Å². The van der Waals surface area contributed by atoms with Crippen molar-refractivity contribution in [2.24, 2.45) is 5.92 Å². The van der Waals surface area contributed by atoms with Gasteiger partial charge >= 0.3 is 0 Å². The Labute approximate surface area is 91.4 Å². The third kappa shape index (κ3) is 10.4. The molecule has 0 N–H and O–H groups in total. The second-order valence-corrected chi connectivity index (χ2v) is 5.29. The minimum absolute atomic E-state index is 0.662. The molecule has 0 aromatic carbocycles. The highest BCUT2D eigenvalue weighted by atomic mass is 79.9. The standard InChI is InChI=1S/C11H23BrO/c1-4-6-11(12)7-5-8-13-9-10(2)3/h10-11H,4-9H2,1-3H3.